The first-order valence-electron chi connectivity index (χ1n) is 6.28. The second kappa shape index (κ2) is 5.36. The van der Waals surface area contributed by atoms with Gasteiger partial charge in [-0.2, -0.15) is 0 Å². The van der Waals surface area contributed by atoms with E-state index in [9.17, 15) is 4.39 Å². The summed E-state index contributed by atoms with van der Waals surface area (Å²) in [6.45, 7) is 2.26. The van der Waals surface area contributed by atoms with Gasteiger partial charge in [-0.05, 0) is 48.4 Å². The lowest BCUT2D eigenvalue weighted by Gasteiger charge is -2.31. The van der Waals surface area contributed by atoms with E-state index >= 15 is 0 Å². The molecule has 1 aromatic carbocycles. The number of hydrogen-bond acceptors (Lipinski definition) is 1. The first-order chi connectivity index (χ1) is 8.08. The summed E-state index contributed by atoms with van der Waals surface area (Å²) in [5.41, 5.74) is 7.01. The zero-order chi connectivity index (χ0) is 12.4. The Morgan fingerprint density at radius 2 is 2.18 bits per heavy atom. The van der Waals surface area contributed by atoms with E-state index in [-0.39, 0.29) is 11.9 Å². The largest absolute Gasteiger partial charge is 0.324 e. The molecule has 1 aliphatic carbocycles. The summed E-state index contributed by atoms with van der Waals surface area (Å²) in [4.78, 5) is 0. The van der Waals surface area contributed by atoms with E-state index in [2.05, 4.69) is 6.92 Å². The second-order valence-electron chi connectivity index (χ2n) is 5.22. The SMILES string of the molecule is CC1CCCC(C(N)c2cc(F)ccc2Cl)C1. The molecule has 3 heteroatoms. The van der Waals surface area contributed by atoms with Crippen LogP contribution < -0.4 is 5.73 Å². The Morgan fingerprint density at radius 1 is 1.41 bits per heavy atom. The normalized spacial score (nSPS) is 26.8. The van der Waals surface area contributed by atoms with Crippen LogP contribution in [0.15, 0.2) is 18.2 Å². The lowest BCUT2D eigenvalue weighted by atomic mass is 9.77. The van der Waals surface area contributed by atoms with Crippen LogP contribution in [0.3, 0.4) is 0 Å². The van der Waals surface area contributed by atoms with E-state index in [0.29, 0.717) is 16.9 Å². The smallest absolute Gasteiger partial charge is 0.123 e. The first-order valence-corrected chi connectivity index (χ1v) is 6.66. The summed E-state index contributed by atoms with van der Waals surface area (Å²) in [5.74, 6) is 0.883. The Kier molecular flexibility index (Phi) is 4.05. The minimum atomic E-state index is -0.260. The molecule has 0 bridgehead atoms. The fourth-order valence-electron chi connectivity index (χ4n) is 2.83. The van der Waals surface area contributed by atoms with Gasteiger partial charge in [0.15, 0.2) is 0 Å². The van der Waals surface area contributed by atoms with Crippen molar-refractivity contribution in [3.05, 3.63) is 34.6 Å². The van der Waals surface area contributed by atoms with Gasteiger partial charge in [0.2, 0.25) is 0 Å². The third-order valence-corrected chi connectivity index (χ3v) is 4.15. The van der Waals surface area contributed by atoms with Crippen molar-refractivity contribution in [3.63, 3.8) is 0 Å². The molecule has 0 saturated heterocycles. The van der Waals surface area contributed by atoms with E-state index in [4.69, 9.17) is 17.3 Å². The van der Waals surface area contributed by atoms with E-state index in [1.165, 1.54) is 25.0 Å². The lowest BCUT2D eigenvalue weighted by Crippen LogP contribution is -2.26. The van der Waals surface area contributed by atoms with Crippen molar-refractivity contribution in [1.82, 2.24) is 0 Å². The summed E-state index contributed by atoms with van der Waals surface area (Å²) in [7, 11) is 0. The van der Waals surface area contributed by atoms with E-state index in [1.807, 2.05) is 0 Å². The van der Waals surface area contributed by atoms with Gasteiger partial charge in [-0.15, -0.1) is 0 Å². The molecule has 0 aliphatic heterocycles. The van der Waals surface area contributed by atoms with Crippen molar-refractivity contribution in [2.75, 3.05) is 0 Å². The zero-order valence-electron chi connectivity index (χ0n) is 10.1. The van der Waals surface area contributed by atoms with Crippen molar-refractivity contribution in [3.8, 4) is 0 Å². The molecule has 3 atom stereocenters. The van der Waals surface area contributed by atoms with Gasteiger partial charge in [-0.1, -0.05) is 31.4 Å². The number of rotatable bonds is 2. The van der Waals surface area contributed by atoms with Crippen LogP contribution in [0.25, 0.3) is 0 Å². The molecule has 1 aliphatic rings. The Labute approximate surface area is 107 Å². The van der Waals surface area contributed by atoms with Crippen molar-refractivity contribution in [2.24, 2.45) is 17.6 Å². The molecule has 0 heterocycles. The molecular weight excluding hydrogens is 237 g/mol. The Hall–Kier alpha value is -0.600. The molecule has 1 saturated carbocycles. The zero-order valence-corrected chi connectivity index (χ0v) is 10.9. The Balaban J connectivity index is 2.18. The number of hydrogen-bond donors (Lipinski definition) is 1. The highest BCUT2D eigenvalue weighted by Crippen LogP contribution is 2.37. The molecule has 1 nitrogen and oxygen atoms in total. The topological polar surface area (TPSA) is 26.0 Å². The van der Waals surface area contributed by atoms with Gasteiger partial charge >= 0.3 is 0 Å². The first kappa shape index (κ1) is 12.8. The minimum absolute atomic E-state index is 0.138. The third kappa shape index (κ3) is 2.99. The molecule has 1 fully saturated rings. The highest BCUT2D eigenvalue weighted by atomic mass is 35.5. The molecule has 1 aromatic rings. The van der Waals surface area contributed by atoms with Crippen LogP contribution in [0.2, 0.25) is 5.02 Å². The average molecular weight is 256 g/mol. The molecule has 0 radical (unpaired) electrons. The van der Waals surface area contributed by atoms with E-state index in [0.717, 1.165) is 18.4 Å². The average Bonchev–Trinajstić information content (AvgIpc) is 2.31. The molecule has 0 aromatic heterocycles. The number of halogens is 2. The molecule has 3 unspecified atom stereocenters. The molecule has 0 spiro atoms. The van der Waals surface area contributed by atoms with Crippen LogP contribution >= 0.6 is 11.6 Å². The summed E-state index contributed by atoms with van der Waals surface area (Å²) in [6.07, 6.45) is 4.74. The van der Waals surface area contributed by atoms with Gasteiger partial charge in [0.1, 0.15) is 5.82 Å². The molecule has 2 N–H and O–H groups in total. The van der Waals surface area contributed by atoms with Gasteiger partial charge in [-0.3, -0.25) is 0 Å². The summed E-state index contributed by atoms with van der Waals surface area (Å²) < 4.78 is 13.2. The molecular formula is C14H19ClFN. The van der Waals surface area contributed by atoms with Crippen molar-refractivity contribution in [2.45, 2.75) is 38.6 Å². The van der Waals surface area contributed by atoms with E-state index in [1.54, 1.807) is 6.07 Å². The second-order valence-corrected chi connectivity index (χ2v) is 5.63. The highest BCUT2D eigenvalue weighted by Gasteiger charge is 2.26. The van der Waals surface area contributed by atoms with Crippen LogP contribution in [-0.4, -0.2) is 0 Å². The molecule has 0 amide bonds. The van der Waals surface area contributed by atoms with Gasteiger partial charge in [0.25, 0.3) is 0 Å². The predicted molar refractivity (Wildman–Crippen MR) is 69.5 cm³/mol. The quantitative estimate of drug-likeness (QED) is 0.838. The lowest BCUT2D eigenvalue weighted by molar-refractivity contribution is 0.248. The highest BCUT2D eigenvalue weighted by molar-refractivity contribution is 6.31. The van der Waals surface area contributed by atoms with Crippen molar-refractivity contribution >= 4 is 11.6 Å². The molecule has 2 rings (SSSR count). The minimum Gasteiger partial charge on any atom is -0.324 e. The maximum atomic E-state index is 13.2. The van der Waals surface area contributed by atoms with Crippen LogP contribution in [0.5, 0.6) is 0 Å². The summed E-state index contributed by atoms with van der Waals surface area (Å²) >= 11 is 6.10. The standard InChI is InChI=1S/C14H19ClFN/c1-9-3-2-4-10(7-9)14(17)12-8-11(16)5-6-13(12)15/h5-6,8-10,14H,2-4,7,17H2,1H3. The van der Waals surface area contributed by atoms with Gasteiger partial charge in [-0.25, -0.2) is 4.39 Å². The van der Waals surface area contributed by atoms with Crippen LogP contribution in [0.4, 0.5) is 4.39 Å². The molecule has 94 valence electrons. The Morgan fingerprint density at radius 3 is 2.88 bits per heavy atom. The monoisotopic (exact) mass is 255 g/mol. The number of nitrogens with two attached hydrogens (primary N) is 1. The van der Waals surface area contributed by atoms with Gasteiger partial charge in [0, 0.05) is 11.1 Å². The fourth-order valence-corrected chi connectivity index (χ4v) is 3.07. The van der Waals surface area contributed by atoms with Crippen LogP contribution in [0, 0.1) is 17.7 Å². The van der Waals surface area contributed by atoms with Gasteiger partial charge < -0.3 is 5.73 Å². The summed E-state index contributed by atoms with van der Waals surface area (Å²) in [5, 5.41) is 0.581. The van der Waals surface area contributed by atoms with Crippen molar-refractivity contribution in [1.29, 1.82) is 0 Å². The van der Waals surface area contributed by atoms with Crippen LogP contribution in [0.1, 0.15) is 44.2 Å². The maximum Gasteiger partial charge on any atom is 0.123 e. The fraction of sp³-hybridized carbons (Fsp3) is 0.571. The third-order valence-electron chi connectivity index (χ3n) is 3.80. The van der Waals surface area contributed by atoms with Crippen LogP contribution in [-0.2, 0) is 0 Å². The molecule has 17 heavy (non-hydrogen) atoms. The van der Waals surface area contributed by atoms with Crippen molar-refractivity contribution < 1.29 is 4.39 Å². The number of benzene rings is 1. The summed E-state index contributed by atoms with van der Waals surface area (Å²) in [6, 6.07) is 4.31. The van der Waals surface area contributed by atoms with E-state index < -0.39 is 0 Å². The Bertz CT molecular complexity index is 394. The maximum absolute atomic E-state index is 13.2. The predicted octanol–water partition coefficient (Wildman–Crippen LogP) is 4.31. The van der Waals surface area contributed by atoms with Gasteiger partial charge in [0.05, 0.1) is 0 Å².